The van der Waals surface area contributed by atoms with E-state index in [4.69, 9.17) is 0 Å². The van der Waals surface area contributed by atoms with Gasteiger partial charge in [0.2, 0.25) is 10.0 Å². The van der Waals surface area contributed by atoms with Crippen molar-refractivity contribution >= 4 is 15.7 Å². The van der Waals surface area contributed by atoms with E-state index in [0.717, 1.165) is 16.4 Å². The molecule has 1 aromatic carbocycles. The zero-order valence-corrected chi connectivity index (χ0v) is 10.1. The number of benzene rings is 1. The SMILES string of the molecule is C=CCN(C)S(=O)(=O)c1ccc([N+](=O)[O-])cc1. The molecule has 6 nitrogen and oxygen atoms in total. The summed E-state index contributed by atoms with van der Waals surface area (Å²) in [5.41, 5.74) is -0.143. The van der Waals surface area contributed by atoms with Gasteiger partial charge in [-0.05, 0) is 12.1 Å². The Morgan fingerprint density at radius 1 is 1.41 bits per heavy atom. The molecule has 0 bridgehead atoms. The molecule has 17 heavy (non-hydrogen) atoms. The molecule has 0 fully saturated rings. The Morgan fingerprint density at radius 3 is 2.35 bits per heavy atom. The van der Waals surface area contributed by atoms with E-state index in [9.17, 15) is 18.5 Å². The van der Waals surface area contributed by atoms with Gasteiger partial charge in [0.05, 0.1) is 9.82 Å². The second-order valence-electron chi connectivity index (χ2n) is 3.33. The summed E-state index contributed by atoms with van der Waals surface area (Å²) in [5, 5.41) is 10.4. The maximum atomic E-state index is 11.9. The van der Waals surface area contributed by atoms with Crippen LogP contribution in [0.1, 0.15) is 0 Å². The van der Waals surface area contributed by atoms with E-state index in [1.807, 2.05) is 0 Å². The molecule has 0 saturated heterocycles. The van der Waals surface area contributed by atoms with Crippen LogP contribution in [0.25, 0.3) is 0 Å². The first-order valence-electron chi connectivity index (χ1n) is 4.71. The van der Waals surface area contributed by atoms with Crippen molar-refractivity contribution in [3.05, 3.63) is 47.0 Å². The minimum atomic E-state index is -3.60. The van der Waals surface area contributed by atoms with Gasteiger partial charge in [-0.2, -0.15) is 4.31 Å². The molecule has 1 rings (SSSR count). The minimum Gasteiger partial charge on any atom is -0.258 e. The molecule has 0 atom stereocenters. The Balaban J connectivity index is 3.08. The molecule has 0 saturated carbocycles. The number of hydrogen-bond donors (Lipinski definition) is 0. The summed E-state index contributed by atoms with van der Waals surface area (Å²) >= 11 is 0. The second-order valence-corrected chi connectivity index (χ2v) is 5.37. The first kappa shape index (κ1) is 13.3. The van der Waals surface area contributed by atoms with E-state index in [0.29, 0.717) is 0 Å². The van der Waals surface area contributed by atoms with Gasteiger partial charge in [-0.15, -0.1) is 6.58 Å². The molecule has 92 valence electrons. The molecule has 0 aliphatic carbocycles. The zero-order valence-electron chi connectivity index (χ0n) is 9.24. The molecule has 0 spiro atoms. The van der Waals surface area contributed by atoms with Crippen molar-refractivity contribution in [2.45, 2.75) is 4.90 Å². The first-order valence-corrected chi connectivity index (χ1v) is 6.15. The molecule has 0 amide bonds. The van der Waals surface area contributed by atoms with Crippen LogP contribution in [0, 0.1) is 10.1 Å². The van der Waals surface area contributed by atoms with E-state index in [-0.39, 0.29) is 17.1 Å². The smallest absolute Gasteiger partial charge is 0.258 e. The number of rotatable bonds is 5. The molecule has 0 aliphatic rings. The van der Waals surface area contributed by atoms with Crippen LogP contribution in [0.15, 0.2) is 41.8 Å². The maximum absolute atomic E-state index is 11.9. The number of nitro groups is 1. The van der Waals surface area contributed by atoms with E-state index in [1.165, 1.54) is 25.3 Å². The lowest BCUT2D eigenvalue weighted by Crippen LogP contribution is -2.26. The average molecular weight is 256 g/mol. The number of non-ortho nitro benzene ring substituents is 1. The fraction of sp³-hybridized carbons (Fsp3) is 0.200. The van der Waals surface area contributed by atoms with Gasteiger partial charge in [-0.3, -0.25) is 10.1 Å². The fourth-order valence-corrected chi connectivity index (χ4v) is 2.34. The lowest BCUT2D eigenvalue weighted by atomic mass is 10.3. The third-order valence-electron chi connectivity index (χ3n) is 2.14. The summed E-state index contributed by atoms with van der Waals surface area (Å²) in [4.78, 5) is 9.87. The van der Waals surface area contributed by atoms with Crippen LogP contribution in [0.3, 0.4) is 0 Å². The molecular formula is C10H12N2O4S. The van der Waals surface area contributed by atoms with Crippen LogP contribution in [0.4, 0.5) is 5.69 Å². The molecule has 0 heterocycles. The molecule has 0 unspecified atom stereocenters. The largest absolute Gasteiger partial charge is 0.269 e. The molecule has 1 aromatic rings. The maximum Gasteiger partial charge on any atom is 0.269 e. The normalized spacial score (nSPS) is 11.4. The predicted molar refractivity (Wildman–Crippen MR) is 63.1 cm³/mol. The summed E-state index contributed by atoms with van der Waals surface area (Å²) in [6, 6.07) is 4.75. The van der Waals surface area contributed by atoms with Gasteiger partial charge in [0.1, 0.15) is 0 Å². The minimum absolute atomic E-state index is 0.0208. The molecule has 7 heteroatoms. The van der Waals surface area contributed by atoms with Crippen molar-refractivity contribution in [2.75, 3.05) is 13.6 Å². The van der Waals surface area contributed by atoms with Gasteiger partial charge < -0.3 is 0 Å². The Kier molecular flexibility index (Phi) is 3.97. The van der Waals surface area contributed by atoms with Gasteiger partial charge in [0.15, 0.2) is 0 Å². The number of nitro benzene ring substituents is 1. The van der Waals surface area contributed by atoms with Crippen molar-refractivity contribution in [3.63, 3.8) is 0 Å². The van der Waals surface area contributed by atoms with Crippen molar-refractivity contribution in [3.8, 4) is 0 Å². The van der Waals surface area contributed by atoms with E-state index >= 15 is 0 Å². The highest BCUT2D eigenvalue weighted by molar-refractivity contribution is 7.89. The van der Waals surface area contributed by atoms with Crippen molar-refractivity contribution in [2.24, 2.45) is 0 Å². The summed E-state index contributed by atoms with van der Waals surface area (Å²) in [7, 11) is -2.19. The van der Waals surface area contributed by atoms with Crippen molar-refractivity contribution in [1.82, 2.24) is 4.31 Å². The van der Waals surface area contributed by atoms with Crippen LogP contribution in [0.2, 0.25) is 0 Å². The molecule has 0 aliphatic heterocycles. The molecular weight excluding hydrogens is 244 g/mol. The van der Waals surface area contributed by atoms with Crippen LogP contribution >= 0.6 is 0 Å². The van der Waals surface area contributed by atoms with Crippen molar-refractivity contribution < 1.29 is 13.3 Å². The zero-order chi connectivity index (χ0) is 13.1. The average Bonchev–Trinajstić information content (AvgIpc) is 2.29. The van der Waals surface area contributed by atoms with Crippen molar-refractivity contribution in [1.29, 1.82) is 0 Å². The third-order valence-corrected chi connectivity index (χ3v) is 3.98. The summed E-state index contributed by atoms with van der Waals surface area (Å²) in [6.45, 7) is 3.63. The van der Waals surface area contributed by atoms with Gasteiger partial charge in [-0.25, -0.2) is 8.42 Å². The topological polar surface area (TPSA) is 80.5 Å². The first-order chi connectivity index (χ1) is 7.89. The van der Waals surface area contributed by atoms with E-state index in [2.05, 4.69) is 6.58 Å². The second kappa shape index (κ2) is 5.07. The molecule has 0 radical (unpaired) electrons. The quantitative estimate of drug-likeness (QED) is 0.453. The van der Waals surface area contributed by atoms with Crippen LogP contribution in [0.5, 0.6) is 0 Å². The monoisotopic (exact) mass is 256 g/mol. The lowest BCUT2D eigenvalue weighted by molar-refractivity contribution is -0.384. The summed E-state index contributed by atoms with van der Waals surface area (Å²) in [6.07, 6.45) is 1.46. The predicted octanol–water partition coefficient (Wildman–Crippen LogP) is 1.40. The Labute approximate surface area is 99.4 Å². The third kappa shape index (κ3) is 2.89. The Bertz CT molecular complexity index is 522. The van der Waals surface area contributed by atoms with E-state index < -0.39 is 14.9 Å². The van der Waals surface area contributed by atoms with Crippen LogP contribution in [-0.4, -0.2) is 31.2 Å². The van der Waals surface area contributed by atoms with Crippen LogP contribution in [-0.2, 0) is 10.0 Å². The highest BCUT2D eigenvalue weighted by Crippen LogP contribution is 2.18. The molecule has 0 aromatic heterocycles. The molecule has 0 N–H and O–H groups in total. The number of sulfonamides is 1. The highest BCUT2D eigenvalue weighted by Gasteiger charge is 2.20. The summed E-state index contributed by atoms with van der Waals surface area (Å²) in [5.74, 6) is 0. The Morgan fingerprint density at radius 2 is 1.94 bits per heavy atom. The summed E-state index contributed by atoms with van der Waals surface area (Å²) < 4.78 is 24.9. The van der Waals surface area contributed by atoms with Gasteiger partial charge in [0, 0.05) is 25.7 Å². The van der Waals surface area contributed by atoms with Crippen LogP contribution < -0.4 is 0 Å². The fourth-order valence-electron chi connectivity index (χ4n) is 1.20. The lowest BCUT2D eigenvalue weighted by Gasteiger charge is -2.14. The van der Waals surface area contributed by atoms with Gasteiger partial charge >= 0.3 is 0 Å². The van der Waals surface area contributed by atoms with Gasteiger partial charge in [-0.1, -0.05) is 6.08 Å². The van der Waals surface area contributed by atoms with Gasteiger partial charge in [0.25, 0.3) is 5.69 Å². The van der Waals surface area contributed by atoms with E-state index in [1.54, 1.807) is 0 Å². The number of likely N-dealkylation sites (N-methyl/N-ethyl adjacent to an activating group) is 1. The number of nitrogens with zero attached hydrogens (tertiary/aromatic N) is 2. The standard InChI is InChI=1S/C10H12N2O4S/c1-3-8-11(2)17(15,16)10-6-4-9(5-7-10)12(13)14/h3-7H,1,8H2,2H3. The number of hydrogen-bond acceptors (Lipinski definition) is 4. The Hall–Kier alpha value is -1.73. The highest BCUT2D eigenvalue weighted by atomic mass is 32.2.